The van der Waals surface area contributed by atoms with E-state index in [4.69, 9.17) is 22.1 Å². The first kappa shape index (κ1) is 14.7. The summed E-state index contributed by atoms with van der Waals surface area (Å²) in [5.74, 6) is -0.0987. The van der Waals surface area contributed by atoms with Gasteiger partial charge in [0.15, 0.2) is 5.78 Å². The molecule has 22 heavy (non-hydrogen) atoms. The van der Waals surface area contributed by atoms with E-state index >= 15 is 0 Å². The monoisotopic (exact) mass is 318 g/mol. The zero-order valence-corrected chi connectivity index (χ0v) is 12.9. The van der Waals surface area contributed by atoms with Crippen LogP contribution < -0.4 is 5.73 Å². The average Bonchev–Trinajstić information content (AvgIpc) is 2.87. The van der Waals surface area contributed by atoms with Crippen molar-refractivity contribution in [1.82, 2.24) is 9.78 Å². The Balaban J connectivity index is 2.20. The Morgan fingerprint density at radius 2 is 2.36 bits per heavy atom. The number of hydrogen-bond acceptors (Lipinski definition) is 5. The normalized spacial score (nSPS) is 21.5. The van der Waals surface area contributed by atoms with Gasteiger partial charge >= 0.3 is 0 Å². The van der Waals surface area contributed by atoms with Crippen LogP contribution in [0.4, 0.5) is 0 Å². The largest absolute Gasteiger partial charge is 0.444 e. The van der Waals surface area contributed by atoms with E-state index in [0.717, 1.165) is 6.42 Å². The summed E-state index contributed by atoms with van der Waals surface area (Å²) in [5, 5.41) is 14.3. The summed E-state index contributed by atoms with van der Waals surface area (Å²) in [4.78, 5) is 12.4. The summed E-state index contributed by atoms with van der Waals surface area (Å²) in [6, 6.07) is 2.05. The van der Waals surface area contributed by atoms with E-state index < -0.39 is 5.92 Å². The second-order valence-electron chi connectivity index (χ2n) is 5.26. The molecule has 0 fully saturated rings. The number of aromatic nitrogens is 2. The van der Waals surface area contributed by atoms with Gasteiger partial charge in [-0.25, -0.2) is 0 Å². The van der Waals surface area contributed by atoms with Gasteiger partial charge in [-0.05, 0) is 13.3 Å². The molecule has 1 aromatic heterocycles. The van der Waals surface area contributed by atoms with Crippen LogP contribution in [-0.2, 0) is 16.1 Å². The second-order valence-corrected chi connectivity index (χ2v) is 5.66. The van der Waals surface area contributed by atoms with Crippen molar-refractivity contribution in [1.29, 1.82) is 5.26 Å². The molecule has 114 valence electrons. The van der Waals surface area contributed by atoms with Crippen LogP contribution in [0.5, 0.6) is 0 Å². The zero-order valence-electron chi connectivity index (χ0n) is 12.1. The van der Waals surface area contributed by atoms with E-state index in [1.807, 2.05) is 13.0 Å². The van der Waals surface area contributed by atoms with Gasteiger partial charge in [-0.2, -0.15) is 10.4 Å². The Bertz CT molecular complexity index is 754. The molecule has 1 aliphatic carbocycles. The number of carbonyl (C=O) groups is 1. The fourth-order valence-corrected chi connectivity index (χ4v) is 3.16. The third-order valence-electron chi connectivity index (χ3n) is 3.95. The first-order valence-corrected chi connectivity index (χ1v) is 7.51. The van der Waals surface area contributed by atoms with Gasteiger partial charge in [0.2, 0.25) is 5.88 Å². The maximum Gasteiger partial charge on any atom is 0.205 e. The number of ether oxygens (including phenoxy) is 1. The molecule has 6 nitrogen and oxygen atoms in total. The molecule has 1 unspecified atom stereocenters. The average molecular weight is 319 g/mol. The molecule has 0 saturated carbocycles. The smallest absolute Gasteiger partial charge is 0.205 e. The van der Waals surface area contributed by atoms with Crippen LogP contribution in [0, 0.1) is 11.3 Å². The summed E-state index contributed by atoms with van der Waals surface area (Å²) in [6.45, 7) is 2.58. The minimum Gasteiger partial charge on any atom is -0.444 e. The van der Waals surface area contributed by atoms with Gasteiger partial charge in [-0.15, -0.1) is 0 Å². The second kappa shape index (κ2) is 5.50. The van der Waals surface area contributed by atoms with Crippen LogP contribution in [0.2, 0.25) is 5.02 Å². The SMILES string of the molecule is CCn1cc(Cl)c(C2C(C#N)=C(N)OC3=C2C(=O)CCC3)n1. The standard InChI is InChI=1S/C15H15ClN4O2/c1-2-20-7-9(16)14(19-20)12-8(6-17)15(18)22-11-5-3-4-10(21)13(11)12/h7,12H,2-5,18H2,1H3. The molecule has 0 radical (unpaired) electrons. The summed E-state index contributed by atoms with van der Waals surface area (Å²) in [6.07, 6.45) is 3.47. The number of nitrogens with zero attached hydrogens (tertiary/aromatic N) is 3. The summed E-state index contributed by atoms with van der Waals surface area (Å²) in [5.41, 5.74) is 7.02. The first-order chi connectivity index (χ1) is 10.6. The molecule has 2 heterocycles. The minimum absolute atomic E-state index is 0.0306. The van der Waals surface area contributed by atoms with E-state index in [1.165, 1.54) is 0 Å². The number of Topliss-reactive ketones (excluding diaryl/α,β-unsaturated/α-hetero) is 1. The van der Waals surface area contributed by atoms with Crippen LogP contribution in [0.3, 0.4) is 0 Å². The van der Waals surface area contributed by atoms with Crippen LogP contribution in [0.25, 0.3) is 0 Å². The molecule has 0 aromatic carbocycles. The molecule has 0 amide bonds. The number of halogens is 1. The van der Waals surface area contributed by atoms with Gasteiger partial charge in [0, 0.05) is 31.2 Å². The van der Waals surface area contributed by atoms with Crippen molar-refractivity contribution in [2.45, 2.75) is 38.6 Å². The number of nitriles is 1. The van der Waals surface area contributed by atoms with Gasteiger partial charge in [0.25, 0.3) is 0 Å². The highest BCUT2D eigenvalue weighted by molar-refractivity contribution is 6.31. The lowest BCUT2D eigenvalue weighted by molar-refractivity contribution is -0.116. The maximum absolute atomic E-state index is 12.4. The summed E-state index contributed by atoms with van der Waals surface area (Å²) in [7, 11) is 0. The van der Waals surface area contributed by atoms with E-state index in [2.05, 4.69) is 5.10 Å². The van der Waals surface area contributed by atoms with Crippen LogP contribution in [-0.4, -0.2) is 15.6 Å². The fourth-order valence-electron chi connectivity index (χ4n) is 2.90. The van der Waals surface area contributed by atoms with Gasteiger partial charge < -0.3 is 10.5 Å². The predicted molar refractivity (Wildman–Crippen MR) is 79.4 cm³/mol. The molecule has 0 spiro atoms. The van der Waals surface area contributed by atoms with E-state index in [0.29, 0.717) is 41.4 Å². The highest BCUT2D eigenvalue weighted by Gasteiger charge is 2.40. The minimum atomic E-state index is -0.637. The summed E-state index contributed by atoms with van der Waals surface area (Å²) < 4.78 is 7.18. The Labute approximate surface area is 132 Å². The van der Waals surface area contributed by atoms with Gasteiger partial charge in [-0.1, -0.05) is 11.6 Å². The molecule has 1 atom stereocenters. The van der Waals surface area contributed by atoms with Crippen molar-refractivity contribution in [3.8, 4) is 6.07 Å². The van der Waals surface area contributed by atoms with Crippen LogP contribution in [0.1, 0.15) is 37.8 Å². The Morgan fingerprint density at radius 1 is 1.59 bits per heavy atom. The molecule has 7 heteroatoms. The van der Waals surface area contributed by atoms with Crippen molar-refractivity contribution < 1.29 is 9.53 Å². The Morgan fingerprint density at radius 3 is 3.00 bits per heavy atom. The third kappa shape index (κ3) is 2.18. The molecular formula is C15H15ClN4O2. The number of hydrogen-bond donors (Lipinski definition) is 1. The van der Waals surface area contributed by atoms with Crippen LogP contribution >= 0.6 is 11.6 Å². The quantitative estimate of drug-likeness (QED) is 0.903. The predicted octanol–water partition coefficient (Wildman–Crippen LogP) is 2.37. The number of allylic oxidation sites excluding steroid dienone is 3. The van der Waals surface area contributed by atoms with Crippen LogP contribution in [0.15, 0.2) is 29.0 Å². The molecular weight excluding hydrogens is 304 g/mol. The lowest BCUT2D eigenvalue weighted by Gasteiger charge is -2.29. The molecule has 3 rings (SSSR count). The lowest BCUT2D eigenvalue weighted by Crippen LogP contribution is -2.27. The van der Waals surface area contributed by atoms with Crippen molar-refractivity contribution >= 4 is 17.4 Å². The van der Waals surface area contributed by atoms with Crippen molar-refractivity contribution in [3.05, 3.63) is 39.7 Å². The van der Waals surface area contributed by atoms with Gasteiger partial charge in [0.05, 0.1) is 16.6 Å². The zero-order chi connectivity index (χ0) is 15.9. The van der Waals surface area contributed by atoms with E-state index in [9.17, 15) is 10.1 Å². The highest BCUT2D eigenvalue weighted by atomic mass is 35.5. The molecule has 2 N–H and O–H groups in total. The lowest BCUT2D eigenvalue weighted by atomic mass is 9.80. The first-order valence-electron chi connectivity index (χ1n) is 7.13. The number of nitrogens with two attached hydrogens (primary N) is 1. The fraction of sp³-hybridized carbons (Fsp3) is 0.400. The number of ketones is 1. The maximum atomic E-state index is 12.4. The van der Waals surface area contributed by atoms with E-state index in [-0.39, 0.29) is 17.2 Å². The number of rotatable bonds is 2. The van der Waals surface area contributed by atoms with Gasteiger partial charge in [0.1, 0.15) is 17.4 Å². The Kier molecular flexibility index (Phi) is 3.67. The summed E-state index contributed by atoms with van der Waals surface area (Å²) >= 11 is 6.28. The number of aryl methyl sites for hydroxylation is 1. The molecule has 2 aliphatic rings. The topological polar surface area (TPSA) is 93.9 Å². The molecule has 1 aromatic rings. The molecule has 0 bridgehead atoms. The van der Waals surface area contributed by atoms with E-state index in [1.54, 1.807) is 10.9 Å². The van der Waals surface area contributed by atoms with Crippen molar-refractivity contribution in [2.24, 2.45) is 5.73 Å². The number of carbonyl (C=O) groups excluding carboxylic acids is 1. The molecule has 0 saturated heterocycles. The van der Waals surface area contributed by atoms with Crippen molar-refractivity contribution in [2.75, 3.05) is 0 Å². The highest BCUT2D eigenvalue weighted by Crippen LogP contribution is 2.44. The third-order valence-corrected chi connectivity index (χ3v) is 4.24. The van der Waals surface area contributed by atoms with Gasteiger partial charge in [-0.3, -0.25) is 9.48 Å². The van der Waals surface area contributed by atoms with Crippen molar-refractivity contribution in [3.63, 3.8) is 0 Å². The Hall–Kier alpha value is -2.26. The molecule has 1 aliphatic heterocycles.